The van der Waals surface area contributed by atoms with E-state index in [2.05, 4.69) is 15.5 Å². The summed E-state index contributed by atoms with van der Waals surface area (Å²) in [6, 6.07) is 13.6. The van der Waals surface area contributed by atoms with Crippen molar-refractivity contribution in [1.82, 2.24) is 15.5 Å². The van der Waals surface area contributed by atoms with Gasteiger partial charge in [-0.1, -0.05) is 5.16 Å². The van der Waals surface area contributed by atoms with E-state index in [1.807, 2.05) is 12.1 Å². The maximum Gasteiger partial charge on any atom is 0.246 e. The Labute approximate surface area is 137 Å². The number of ether oxygens (including phenoxy) is 1. The summed E-state index contributed by atoms with van der Waals surface area (Å²) in [6.45, 7) is 1.62. The van der Waals surface area contributed by atoms with Gasteiger partial charge in [0, 0.05) is 12.5 Å². The molecule has 0 bridgehead atoms. The van der Waals surface area contributed by atoms with Crippen molar-refractivity contribution in [3.05, 3.63) is 54.4 Å². The van der Waals surface area contributed by atoms with Crippen LogP contribution in [0.4, 0.5) is 0 Å². The molecule has 0 aliphatic rings. The summed E-state index contributed by atoms with van der Waals surface area (Å²) in [7, 11) is 0. The lowest BCUT2D eigenvalue weighted by molar-refractivity contribution is -0.119. The molecule has 0 saturated carbocycles. The van der Waals surface area contributed by atoms with Gasteiger partial charge in [-0.05, 0) is 48.5 Å². The number of aromatic hydroxyl groups is 1. The van der Waals surface area contributed by atoms with Gasteiger partial charge < -0.3 is 19.7 Å². The summed E-state index contributed by atoms with van der Waals surface area (Å²) in [4.78, 5) is 15.1. The molecule has 0 spiro atoms. The topological polar surface area (TPSA) is 97.5 Å². The molecule has 0 unspecified atom stereocenters. The molecule has 122 valence electrons. The number of hydrogen-bond acceptors (Lipinski definition) is 6. The van der Waals surface area contributed by atoms with Crippen LogP contribution in [0.15, 0.2) is 53.1 Å². The summed E-state index contributed by atoms with van der Waals surface area (Å²) in [5, 5.41) is 15.7. The van der Waals surface area contributed by atoms with Crippen LogP contribution in [0.1, 0.15) is 12.8 Å². The zero-order valence-electron chi connectivity index (χ0n) is 12.9. The molecule has 0 saturated heterocycles. The number of phenolic OH excluding ortho intramolecular Hbond substituents is 1. The number of carbonyl (C=O) groups excluding carboxylic acids is 1. The van der Waals surface area contributed by atoms with Gasteiger partial charge in [-0.15, -0.1) is 0 Å². The minimum atomic E-state index is -0.162. The van der Waals surface area contributed by atoms with Crippen molar-refractivity contribution in [1.29, 1.82) is 0 Å². The average molecular weight is 325 g/mol. The molecule has 0 aliphatic heterocycles. The molecule has 1 aromatic heterocycles. The Kier molecular flexibility index (Phi) is 4.42. The Balaban J connectivity index is 1.68. The first-order valence-corrected chi connectivity index (χ1v) is 7.24. The van der Waals surface area contributed by atoms with E-state index >= 15 is 0 Å². The van der Waals surface area contributed by atoms with Gasteiger partial charge >= 0.3 is 0 Å². The lowest BCUT2D eigenvalue weighted by Crippen LogP contribution is -2.18. The molecule has 0 fully saturated rings. The Bertz CT molecular complexity index is 826. The van der Waals surface area contributed by atoms with E-state index in [0.717, 1.165) is 5.56 Å². The molecule has 0 radical (unpaired) electrons. The minimum absolute atomic E-state index is 0.162. The van der Waals surface area contributed by atoms with Crippen molar-refractivity contribution in [2.75, 3.05) is 0 Å². The third kappa shape index (κ3) is 3.89. The number of carbonyl (C=O) groups is 1. The van der Waals surface area contributed by atoms with Crippen molar-refractivity contribution < 1.29 is 19.2 Å². The second-order valence-electron chi connectivity index (χ2n) is 5.04. The van der Waals surface area contributed by atoms with Crippen LogP contribution < -0.4 is 10.1 Å². The first-order chi connectivity index (χ1) is 11.6. The van der Waals surface area contributed by atoms with Gasteiger partial charge in [0.05, 0.1) is 6.54 Å². The van der Waals surface area contributed by atoms with Crippen LogP contribution >= 0.6 is 0 Å². The monoisotopic (exact) mass is 325 g/mol. The van der Waals surface area contributed by atoms with Crippen molar-refractivity contribution in [3.63, 3.8) is 0 Å². The molecule has 3 aromatic rings. The molecule has 24 heavy (non-hydrogen) atoms. The van der Waals surface area contributed by atoms with Gasteiger partial charge in [0.25, 0.3) is 0 Å². The number of amides is 1. The first kappa shape index (κ1) is 15.5. The SMILES string of the molecule is CC(=O)NCc1nc(-c2ccc(Oc3ccc(O)cc3)cc2)no1. The highest BCUT2D eigenvalue weighted by molar-refractivity contribution is 5.72. The Hall–Kier alpha value is -3.35. The van der Waals surface area contributed by atoms with Crippen LogP contribution in [0.2, 0.25) is 0 Å². The molecule has 7 heteroatoms. The maximum atomic E-state index is 10.9. The zero-order valence-corrected chi connectivity index (χ0v) is 12.9. The third-order valence-electron chi connectivity index (χ3n) is 3.14. The van der Waals surface area contributed by atoms with E-state index in [-0.39, 0.29) is 18.2 Å². The van der Waals surface area contributed by atoms with Crippen LogP contribution in [-0.4, -0.2) is 21.2 Å². The molecule has 0 aliphatic carbocycles. The summed E-state index contributed by atoms with van der Waals surface area (Å²) in [5.41, 5.74) is 0.769. The largest absolute Gasteiger partial charge is 0.508 e. The van der Waals surface area contributed by atoms with Gasteiger partial charge in [0.1, 0.15) is 17.2 Å². The van der Waals surface area contributed by atoms with Crippen LogP contribution in [-0.2, 0) is 11.3 Å². The summed E-state index contributed by atoms with van der Waals surface area (Å²) in [5.74, 6) is 2.07. The molecular formula is C17H15N3O4. The highest BCUT2D eigenvalue weighted by Crippen LogP contribution is 2.25. The molecule has 1 heterocycles. The predicted molar refractivity (Wildman–Crippen MR) is 85.4 cm³/mol. The van der Waals surface area contributed by atoms with Gasteiger partial charge in [0.2, 0.25) is 17.6 Å². The predicted octanol–water partition coefficient (Wildman–Crippen LogP) is 2.87. The van der Waals surface area contributed by atoms with Crippen LogP contribution in [0.5, 0.6) is 17.2 Å². The number of hydrogen-bond donors (Lipinski definition) is 2. The van der Waals surface area contributed by atoms with E-state index in [1.165, 1.54) is 6.92 Å². The molecule has 2 N–H and O–H groups in total. The maximum absolute atomic E-state index is 10.9. The van der Waals surface area contributed by atoms with Crippen LogP contribution in [0.25, 0.3) is 11.4 Å². The quantitative estimate of drug-likeness (QED) is 0.748. The second kappa shape index (κ2) is 6.82. The van der Waals surface area contributed by atoms with E-state index in [0.29, 0.717) is 23.2 Å². The number of rotatable bonds is 5. The number of aromatic nitrogens is 2. The summed E-state index contributed by atoms with van der Waals surface area (Å²) >= 11 is 0. The van der Waals surface area contributed by atoms with Crippen molar-refractivity contribution in [2.45, 2.75) is 13.5 Å². The molecule has 7 nitrogen and oxygen atoms in total. The second-order valence-corrected chi connectivity index (χ2v) is 5.04. The summed E-state index contributed by atoms with van der Waals surface area (Å²) in [6.07, 6.45) is 0. The lowest BCUT2D eigenvalue weighted by Gasteiger charge is -2.05. The summed E-state index contributed by atoms with van der Waals surface area (Å²) < 4.78 is 10.7. The molecule has 1 amide bonds. The highest BCUT2D eigenvalue weighted by atomic mass is 16.5. The van der Waals surface area contributed by atoms with E-state index in [9.17, 15) is 9.90 Å². The third-order valence-corrected chi connectivity index (χ3v) is 3.14. The Morgan fingerprint density at radius 2 is 1.75 bits per heavy atom. The normalized spacial score (nSPS) is 10.4. The Morgan fingerprint density at radius 3 is 2.38 bits per heavy atom. The van der Waals surface area contributed by atoms with Crippen LogP contribution in [0.3, 0.4) is 0 Å². The number of nitrogens with one attached hydrogen (secondary N) is 1. The minimum Gasteiger partial charge on any atom is -0.508 e. The standard InChI is InChI=1S/C17H15N3O4/c1-11(21)18-10-16-19-17(20-24-16)12-2-6-14(7-3-12)23-15-8-4-13(22)5-9-15/h2-9,22H,10H2,1H3,(H,18,21). The number of phenols is 1. The van der Waals surface area contributed by atoms with Gasteiger partial charge in [-0.2, -0.15) is 4.98 Å². The van der Waals surface area contributed by atoms with Crippen LogP contribution in [0, 0.1) is 0 Å². The molecule has 0 atom stereocenters. The number of benzene rings is 2. The fourth-order valence-electron chi connectivity index (χ4n) is 1.97. The molecular weight excluding hydrogens is 310 g/mol. The number of nitrogens with zero attached hydrogens (tertiary/aromatic N) is 2. The molecule has 3 rings (SSSR count). The van der Waals surface area contributed by atoms with E-state index in [1.54, 1.807) is 36.4 Å². The van der Waals surface area contributed by atoms with Gasteiger partial charge in [-0.3, -0.25) is 4.79 Å². The Morgan fingerprint density at radius 1 is 1.12 bits per heavy atom. The molecule has 2 aromatic carbocycles. The van der Waals surface area contributed by atoms with E-state index in [4.69, 9.17) is 9.26 Å². The van der Waals surface area contributed by atoms with Crippen molar-refractivity contribution in [2.24, 2.45) is 0 Å². The zero-order chi connectivity index (χ0) is 16.9. The average Bonchev–Trinajstić information content (AvgIpc) is 3.05. The van der Waals surface area contributed by atoms with Gasteiger partial charge in [0.15, 0.2) is 0 Å². The highest BCUT2D eigenvalue weighted by Gasteiger charge is 2.09. The fraction of sp³-hybridized carbons (Fsp3) is 0.118. The fourth-order valence-corrected chi connectivity index (χ4v) is 1.97. The lowest BCUT2D eigenvalue weighted by atomic mass is 10.2. The van der Waals surface area contributed by atoms with Crippen molar-refractivity contribution >= 4 is 5.91 Å². The van der Waals surface area contributed by atoms with E-state index < -0.39 is 0 Å². The van der Waals surface area contributed by atoms with Crippen molar-refractivity contribution in [3.8, 4) is 28.6 Å². The van der Waals surface area contributed by atoms with Gasteiger partial charge in [-0.25, -0.2) is 0 Å². The smallest absolute Gasteiger partial charge is 0.246 e. The first-order valence-electron chi connectivity index (χ1n) is 7.24.